The summed E-state index contributed by atoms with van der Waals surface area (Å²) in [5, 5.41) is 0. The number of pyridine rings is 1. The number of halogens is 1. The minimum Gasteiger partial charge on any atom is -0.469 e. The smallest absolute Gasteiger partial charge is 0.179 e. The number of hydrogen-bond donors (Lipinski definition) is 1. The Morgan fingerprint density at radius 1 is 1.58 bits per heavy atom. The van der Waals surface area contributed by atoms with Gasteiger partial charge < -0.3 is 9.40 Å². The highest BCUT2D eigenvalue weighted by Gasteiger charge is 2.14. The average molecular weight is 338 g/mol. The fourth-order valence-electron chi connectivity index (χ4n) is 2.21. The summed E-state index contributed by atoms with van der Waals surface area (Å²) in [7, 11) is 0. The van der Waals surface area contributed by atoms with Crippen LogP contribution in [0.2, 0.25) is 0 Å². The molecule has 4 nitrogen and oxygen atoms in total. The fourth-order valence-corrected chi connectivity index (χ4v) is 2.92. The van der Waals surface area contributed by atoms with E-state index in [2.05, 4.69) is 32.8 Å². The highest BCUT2D eigenvalue weighted by atomic mass is 79.9. The van der Waals surface area contributed by atoms with Crippen molar-refractivity contribution in [3.8, 4) is 0 Å². The third kappa shape index (κ3) is 2.37. The molecule has 0 saturated heterocycles. The molecule has 1 unspecified atom stereocenters. The molecule has 1 atom stereocenters. The van der Waals surface area contributed by atoms with E-state index < -0.39 is 0 Å². The van der Waals surface area contributed by atoms with E-state index >= 15 is 0 Å². The number of furan rings is 1. The number of nitrogens with one attached hydrogen (secondary N) is 1. The molecule has 0 fully saturated rings. The lowest BCUT2D eigenvalue weighted by Crippen LogP contribution is -2.08. The highest BCUT2D eigenvalue weighted by Crippen LogP contribution is 2.22. The van der Waals surface area contributed by atoms with Crippen molar-refractivity contribution in [3.63, 3.8) is 0 Å². The van der Waals surface area contributed by atoms with Crippen LogP contribution in [0.1, 0.15) is 18.7 Å². The van der Waals surface area contributed by atoms with Gasteiger partial charge in [-0.1, -0.05) is 0 Å². The summed E-state index contributed by atoms with van der Waals surface area (Å²) in [6.07, 6.45) is 4.25. The van der Waals surface area contributed by atoms with E-state index in [4.69, 9.17) is 16.6 Å². The molecule has 0 amide bonds. The number of aromatic amines is 1. The molecule has 6 heteroatoms. The molecule has 98 valence electrons. The minimum atomic E-state index is 0.182. The molecule has 0 spiro atoms. The van der Waals surface area contributed by atoms with Crippen LogP contribution in [0.15, 0.2) is 39.5 Å². The molecule has 0 aliphatic heterocycles. The van der Waals surface area contributed by atoms with Crippen LogP contribution in [-0.2, 0) is 6.42 Å². The predicted octanol–water partition coefficient (Wildman–Crippen LogP) is 4.25. The molecule has 0 saturated carbocycles. The number of nitrogens with zero attached hydrogens (tertiary/aromatic N) is 2. The van der Waals surface area contributed by atoms with Crippen molar-refractivity contribution in [2.24, 2.45) is 0 Å². The van der Waals surface area contributed by atoms with Crippen LogP contribution in [0.3, 0.4) is 0 Å². The zero-order valence-corrected chi connectivity index (χ0v) is 12.7. The van der Waals surface area contributed by atoms with Crippen LogP contribution in [0.25, 0.3) is 11.2 Å². The zero-order valence-electron chi connectivity index (χ0n) is 10.3. The molecule has 19 heavy (non-hydrogen) atoms. The van der Waals surface area contributed by atoms with Crippen LogP contribution in [0.5, 0.6) is 0 Å². The standard InChI is InChI=1S/C13H12BrN3OS/c1-8(5-10-3-2-4-18-10)17-12-11(16-13(17)19)6-9(14)7-15-12/h2-4,6-8H,5H2,1H3,(H,16,19). The Labute approximate surface area is 123 Å². The summed E-state index contributed by atoms with van der Waals surface area (Å²) in [4.78, 5) is 7.62. The van der Waals surface area contributed by atoms with Gasteiger partial charge in [0.05, 0.1) is 11.8 Å². The average Bonchev–Trinajstić information content (AvgIpc) is 2.95. The van der Waals surface area contributed by atoms with E-state index in [0.29, 0.717) is 4.77 Å². The van der Waals surface area contributed by atoms with Crippen LogP contribution in [0.4, 0.5) is 0 Å². The van der Waals surface area contributed by atoms with Crippen LogP contribution in [-0.4, -0.2) is 14.5 Å². The number of rotatable bonds is 3. The Kier molecular flexibility index (Phi) is 3.28. The maximum atomic E-state index is 5.39. The van der Waals surface area contributed by atoms with Crippen LogP contribution in [0, 0.1) is 4.77 Å². The van der Waals surface area contributed by atoms with E-state index in [1.54, 1.807) is 12.5 Å². The Bertz CT molecular complexity index is 760. The van der Waals surface area contributed by atoms with Gasteiger partial charge in [-0.3, -0.25) is 4.57 Å². The first-order chi connectivity index (χ1) is 9.15. The molecule has 0 aliphatic rings. The number of hydrogen-bond acceptors (Lipinski definition) is 3. The van der Waals surface area contributed by atoms with Crippen molar-refractivity contribution >= 4 is 39.3 Å². The number of H-pyrrole nitrogens is 1. The van der Waals surface area contributed by atoms with E-state index in [1.165, 1.54) is 0 Å². The maximum absolute atomic E-state index is 5.39. The maximum Gasteiger partial charge on any atom is 0.179 e. The SMILES string of the molecule is CC(Cc1ccco1)n1c(=S)[nH]c2cc(Br)cnc21. The van der Waals surface area contributed by atoms with E-state index in [0.717, 1.165) is 27.8 Å². The summed E-state index contributed by atoms with van der Waals surface area (Å²) in [5.41, 5.74) is 1.80. The second kappa shape index (κ2) is 4.94. The van der Waals surface area contributed by atoms with Gasteiger partial charge in [0.1, 0.15) is 5.76 Å². The second-order valence-corrected chi connectivity index (χ2v) is 5.76. The molecule has 3 aromatic rings. The summed E-state index contributed by atoms with van der Waals surface area (Å²) in [6.45, 7) is 2.11. The van der Waals surface area contributed by atoms with Gasteiger partial charge in [0.15, 0.2) is 10.4 Å². The molecule has 3 rings (SSSR count). The Morgan fingerprint density at radius 3 is 3.16 bits per heavy atom. The van der Waals surface area contributed by atoms with Gasteiger partial charge in [-0.05, 0) is 53.3 Å². The molecule has 3 aromatic heterocycles. The van der Waals surface area contributed by atoms with Gasteiger partial charge in [-0.2, -0.15) is 0 Å². The fraction of sp³-hybridized carbons (Fsp3) is 0.231. The van der Waals surface area contributed by atoms with E-state index in [-0.39, 0.29) is 6.04 Å². The molecule has 0 aliphatic carbocycles. The van der Waals surface area contributed by atoms with Crippen LogP contribution < -0.4 is 0 Å². The minimum absolute atomic E-state index is 0.182. The van der Waals surface area contributed by atoms with Gasteiger partial charge in [0.2, 0.25) is 0 Å². The molecule has 0 radical (unpaired) electrons. The second-order valence-electron chi connectivity index (χ2n) is 4.46. The summed E-state index contributed by atoms with van der Waals surface area (Å²) >= 11 is 8.80. The summed E-state index contributed by atoms with van der Waals surface area (Å²) in [6, 6.07) is 6.03. The third-order valence-corrected chi connectivity index (χ3v) is 3.77. The Hall–Kier alpha value is -1.40. The van der Waals surface area contributed by atoms with Gasteiger partial charge in [-0.25, -0.2) is 4.98 Å². The first-order valence-electron chi connectivity index (χ1n) is 5.93. The lowest BCUT2D eigenvalue weighted by Gasteiger charge is -2.12. The summed E-state index contributed by atoms with van der Waals surface area (Å²) < 4.78 is 9.03. The summed E-state index contributed by atoms with van der Waals surface area (Å²) in [5.74, 6) is 0.945. The van der Waals surface area contributed by atoms with Crippen molar-refractivity contribution in [2.45, 2.75) is 19.4 Å². The van der Waals surface area contributed by atoms with Crippen molar-refractivity contribution in [1.29, 1.82) is 0 Å². The van der Waals surface area contributed by atoms with E-state index in [9.17, 15) is 0 Å². The van der Waals surface area contributed by atoms with Crippen molar-refractivity contribution < 1.29 is 4.42 Å². The van der Waals surface area contributed by atoms with Crippen LogP contribution >= 0.6 is 28.1 Å². The monoisotopic (exact) mass is 337 g/mol. The molecular formula is C13H12BrN3OS. The van der Waals surface area contributed by atoms with Crippen molar-refractivity contribution in [2.75, 3.05) is 0 Å². The topological polar surface area (TPSA) is 46.8 Å². The Morgan fingerprint density at radius 2 is 2.42 bits per heavy atom. The van der Waals surface area contributed by atoms with Gasteiger partial charge >= 0.3 is 0 Å². The van der Waals surface area contributed by atoms with Gasteiger partial charge in [-0.15, -0.1) is 0 Å². The normalized spacial score (nSPS) is 12.9. The third-order valence-electron chi connectivity index (χ3n) is 3.04. The van der Waals surface area contributed by atoms with Crippen molar-refractivity contribution in [3.05, 3.63) is 45.7 Å². The molecule has 1 N–H and O–H groups in total. The van der Waals surface area contributed by atoms with Gasteiger partial charge in [0, 0.05) is 23.1 Å². The quantitative estimate of drug-likeness (QED) is 0.726. The number of fused-ring (bicyclic) bond motifs is 1. The predicted molar refractivity (Wildman–Crippen MR) is 79.7 cm³/mol. The lowest BCUT2D eigenvalue weighted by atomic mass is 10.2. The first kappa shape index (κ1) is 12.6. The zero-order chi connectivity index (χ0) is 13.4. The van der Waals surface area contributed by atoms with E-state index in [1.807, 2.05) is 22.8 Å². The number of aromatic nitrogens is 3. The largest absolute Gasteiger partial charge is 0.469 e. The molecule has 0 bridgehead atoms. The molecule has 3 heterocycles. The van der Waals surface area contributed by atoms with Gasteiger partial charge in [0.25, 0.3) is 0 Å². The first-order valence-corrected chi connectivity index (χ1v) is 7.13. The van der Waals surface area contributed by atoms with Crippen molar-refractivity contribution in [1.82, 2.24) is 14.5 Å². The highest BCUT2D eigenvalue weighted by molar-refractivity contribution is 9.10. The molecular weight excluding hydrogens is 326 g/mol. The molecule has 0 aromatic carbocycles. The number of imidazole rings is 1. The lowest BCUT2D eigenvalue weighted by molar-refractivity contribution is 0.451. The Balaban J connectivity index is 2.04.